The van der Waals surface area contributed by atoms with E-state index < -0.39 is 30.4 Å². The van der Waals surface area contributed by atoms with Gasteiger partial charge in [-0.1, -0.05) is 0 Å². The van der Waals surface area contributed by atoms with E-state index in [2.05, 4.69) is 5.32 Å². The first kappa shape index (κ1) is 13.7. The number of rotatable bonds is 3. The van der Waals surface area contributed by atoms with Gasteiger partial charge in [-0.25, -0.2) is 0 Å². The summed E-state index contributed by atoms with van der Waals surface area (Å²) in [6.07, 6.45) is -2.50. The first-order valence-corrected chi connectivity index (χ1v) is 6.14. The number of nitrogens with zero attached hydrogens (tertiary/aromatic N) is 1. The highest BCUT2D eigenvalue weighted by Crippen LogP contribution is 2.37. The number of hydrogen-bond acceptors (Lipinski definition) is 6. The molecular formula is C11H20N2O5. The molecule has 0 aromatic heterocycles. The van der Waals surface area contributed by atoms with Crippen LogP contribution in [0.1, 0.15) is 13.3 Å². The topological polar surface area (TPSA) is 113 Å². The number of hydrogen-bond donors (Lipinski definition) is 5. The second-order valence-electron chi connectivity index (χ2n) is 5.06. The van der Waals surface area contributed by atoms with Crippen LogP contribution >= 0.6 is 0 Å². The average molecular weight is 260 g/mol. The number of fused-ring (bicyclic) bond motifs is 1. The Morgan fingerprint density at radius 2 is 2.00 bits per heavy atom. The van der Waals surface area contributed by atoms with Gasteiger partial charge < -0.3 is 25.7 Å². The number of aliphatic hydroxyl groups excluding tert-OH is 4. The molecule has 2 rings (SSSR count). The molecule has 2 fully saturated rings. The smallest absolute Gasteiger partial charge is 0.216 e. The van der Waals surface area contributed by atoms with Crippen LogP contribution in [0.5, 0.6) is 0 Å². The van der Waals surface area contributed by atoms with Crippen molar-refractivity contribution in [3.8, 4) is 0 Å². The van der Waals surface area contributed by atoms with Crippen molar-refractivity contribution in [1.29, 1.82) is 0 Å². The van der Waals surface area contributed by atoms with Gasteiger partial charge in [-0.2, -0.15) is 0 Å². The monoisotopic (exact) mass is 260 g/mol. The molecule has 104 valence electrons. The predicted octanol–water partition coefficient (Wildman–Crippen LogP) is -2.98. The van der Waals surface area contributed by atoms with Crippen molar-refractivity contribution in [1.82, 2.24) is 10.2 Å². The Kier molecular flexibility index (Phi) is 3.88. The molecule has 0 aliphatic carbocycles. The molecular weight excluding hydrogens is 240 g/mol. The third-order valence-electron chi connectivity index (χ3n) is 3.92. The van der Waals surface area contributed by atoms with Crippen molar-refractivity contribution >= 4 is 5.91 Å². The number of nitrogens with one attached hydrogen (secondary N) is 1. The lowest BCUT2D eigenvalue weighted by molar-refractivity contribution is -0.119. The summed E-state index contributed by atoms with van der Waals surface area (Å²) in [6.45, 7) is 1.41. The van der Waals surface area contributed by atoms with Gasteiger partial charge in [-0.15, -0.1) is 0 Å². The second kappa shape index (κ2) is 5.10. The minimum atomic E-state index is -1.06. The van der Waals surface area contributed by atoms with E-state index in [1.54, 1.807) is 4.90 Å². The molecule has 0 aromatic rings. The van der Waals surface area contributed by atoms with E-state index in [0.717, 1.165) is 0 Å². The van der Waals surface area contributed by atoms with Gasteiger partial charge in [0.05, 0.1) is 37.0 Å². The molecule has 18 heavy (non-hydrogen) atoms. The SMILES string of the molecule is CC(=O)NC[C@@H]1[C@@H](O)[C@@H](O)[C@@H]2[C@H](O)C[C@@H](CO)N21. The summed E-state index contributed by atoms with van der Waals surface area (Å²) in [5, 5.41) is 41.7. The zero-order chi connectivity index (χ0) is 13.4. The average Bonchev–Trinajstić information content (AvgIpc) is 2.76. The molecule has 1 amide bonds. The Morgan fingerprint density at radius 1 is 1.33 bits per heavy atom. The van der Waals surface area contributed by atoms with Crippen molar-refractivity contribution < 1.29 is 25.2 Å². The minimum absolute atomic E-state index is 0.149. The van der Waals surface area contributed by atoms with Crippen LogP contribution in [0.2, 0.25) is 0 Å². The Bertz CT molecular complexity index is 327. The highest BCUT2D eigenvalue weighted by Gasteiger charge is 2.56. The van der Waals surface area contributed by atoms with Crippen molar-refractivity contribution in [3.63, 3.8) is 0 Å². The molecule has 7 nitrogen and oxygen atoms in total. The summed E-state index contributed by atoms with van der Waals surface area (Å²) in [5.41, 5.74) is 0. The summed E-state index contributed by atoms with van der Waals surface area (Å²) >= 11 is 0. The van der Waals surface area contributed by atoms with Gasteiger partial charge in [0.1, 0.15) is 0 Å². The molecule has 0 radical (unpaired) electrons. The molecule has 2 aliphatic heterocycles. The maximum Gasteiger partial charge on any atom is 0.216 e. The molecule has 2 saturated heterocycles. The van der Waals surface area contributed by atoms with Crippen LogP contribution in [0.3, 0.4) is 0 Å². The summed E-state index contributed by atoms with van der Waals surface area (Å²) in [6, 6.07) is -1.35. The molecule has 0 spiro atoms. The van der Waals surface area contributed by atoms with E-state index in [1.807, 2.05) is 0 Å². The summed E-state index contributed by atoms with van der Waals surface area (Å²) in [4.78, 5) is 12.7. The normalized spacial score (nSPS) is 44.1. The lowest BCUT2D eigenvalue weighted by atomic mass is 10.0. The summed E-state index contributed by atoms with van der Waals surface area (Å²) in [7, 11) is 0. The van der Waals surface area contributed by atoms with Crippen LogP contribution in [0.25, 0.3) is 0 Å². The molecule has 5 N–H and O–H groups in total. The quantitative estimate of drug-likeness (QED) is 0.370. The first-order valence-electron chi connectivity index (χ1n) is 6.14. The summed E-state index contributed by atoms with van der Waals surface area (Å²) in [5.74, 6) is -0.222. The zero-order valence-corrected chi connectivity index (χ0v) is 10.2. The third kappa shape index (κ3) is 2.12. The lowest BCUT2D eigenvalue weighted by Gasteiger charge is -2.29. The lowest BCUT2D eigenvalue weighted by Crippen LogP contribution is -2.49. The second-order valence-corrected chi connectivity index (χ2v) is 5.06. The van der Waals surface area contributed by atoms with E-state index in [1.165, 1.54) is 6.92 Å². The van der Waals surface area contributed by atoms with Gasteiger partial charge in [0.15, 0.2) is 0 Å². The molecule has 6 atom stereocenters. The Balaban J connectivity index is 2.15. The van der Waals surface area contributed by atoms with Crippen molar-refractivity contribution in [2.24, 2.45) is 0 Å². The van der Waals surface area contributed by atoms with Gasteiger partial charge >= 0.3 is 0 Å². The van der Waals surface area contributed by atoms with Crippen LogP contribution in [0.4, 0.5) is 0 Å². The van der Waals surface area contributed by atoms with Gasteiger partial charge in [0.25, 0.3) is 0 Å². The van der Waals surface area contributed by atoms with E-state index in [0.29, 0.717) is 6.42 Å². The molecule has 2 heterocycles. The highest BCUT2D eigenvalue weighted by molar-refractivity contribution is 5.72. The number of aliphatic hydroxyl groups is 4. The van der Waals surface area contributed by atoms with Gasteiger partial charge in [-0.3, -0.25) is 9.69 Å². The van der Waals surface area contributed by atoms with E-state index in [4.69, 9.17) is 0 Å². The number of amides is 1. The van der Waals surface area contributed by atoms with Crippen LogP contribution < -0.4 is 5.32 Å². The minimum Gasteiger partial charge on any atom is -0.395 e. The zero-order valence-electron chi connectivity index (χ0n) is 10.2. The van der Waals surface area contributed by atoms with Gasteiger partial charge in [0.2, 0.25) is 5.91 Å². The fourth-order valence-corrected chi connectivity index (χ4v) is 3.13. The molecule has 0 saturated carbocycles. The highest BCUT2D eigenvalue weighted by atomic mass is 16.3. The number of carbonyl (C=O) groups excluding carboxylic acids is 1. The standard InChI is InChI=1S/C11H20N2O5/c1-5(15)12-3-7-10(17)11(18)9-8(16)2-6(4-14)13(7)9/h6-11,14,16-18H,2-4H2,1H3,(H,12,15)/t6-,7+,8+,9-,10+,11-/m0/s1. The Morgan fingerprint density at radius 3 is 2.56 bits per heavy atom. The number of carbonyl (C=O) groups is 1. The Labute approximate surface area is 105 Å². The maximum atomic E-state index is 10.9. The van der Waals surface area contributed by atoms with Crippen molar-refractivity contribution in [2.45, 2.75) is 49.8 Å². The van der Waals surface area contributed by atoms with E-state index in [-0.39, 0.29) is 25.1 Å². The van der Waals surface area contributed by atoms with Crippen LogP contribution in [-0.4, -0.2) is 80.8 Å². The van der Waals surface area contributed by atoms with E-state index >= 15 is 0 Å². The van der Waals surface area contributed by atoms with Gasteiger partial charge in [0, 0.05) is 19.5 Å². The fraction of sp³-hybridized carbons (Fsp3) is 0.909. The summed E-state index contributed by atoms with van der Waals surface area (Å²) < 4.78 is 0. The fourth-order valence-electron chi connectivity index (χ4n) is 3.13. The van der Waals surface area contributed by atoms with Crippen LogP contribution in [0.15, 0.2) is 0 Å². The largest absolute Gasteiger partial charge is 0.395 e. The molecule has 0 bridgehead atoms. The van der Waals surface area contributed by atoms with Crippen LogP contribution in [-0.2, 0) is 4.79 Å². The van der Waals surface area contributed by atoms with E-state index in [9.17, 15) is 25.2 Å². The maximum absolute atomic E-state index is 10.9. The van der Waals surface area contributed by atoms with Gasteiger partial charge in [-0.05, 0) is 6.42 Å². The van der Waals surface area contributed by atoms with Crippen LogP contribution in [0, 0.1) is 0 Å². The first-order chi connectivity index (χ1) is 8.47. The molecule has 0 unspecified atom stereocenters. The Hall–Kier alpha value is -0.730. The predicted molar refractivity (Wildman–Crippen MR) is 61.6 cm³/mol. The third-order valence-corrected chi connectivity index (χ3v) is 3.92. The van der Waals surface area contributed by atoms with Crippen molar-refractivity contribution in [2.75, 3.05) is 13.2 Å². The molecule has 2 aliphatic rings. The molecule has 7 heteroatoms. The van der Waals surface area contributed by atoms with Crippen molar-refractivity contribution in [3.05, 3.63) is 0 Å². The molecule has 0 aromatic carbocycles.